The van der Waals surface area contributed by atoms with Crippen molar-refractivity contribution in [1.82, 2.24) is 9.55 Å². The van der Waals surface area contributed by atoms with Gasteiger partial charge < -0.3 is 15.0 Å². The SMILES string of the molecule is Cc1cc(Nc2ncccc2C(=O)O)cc(=O)n1C. The lowest BCUT2D eigenvalue weighted by Gasteiger charge is -2.10. The minimum absolute atomic E-state index is 0.0563. The van der Waals surface area contributed by atoms with Crippen molar-refractivity contribution in [3.05, 3.63) is 52.1 Å². The molecule has 0 saturated carbocycles. The van der Waals surface area contributed by atoms with Crippen LogP contribution in [0.3, 0.4) is 0 Å². The monoisotopic (exact) mass is 259 g/mol. The van der Waals surface area contributed by atoms with Gasteiger partial charge in [0.15, 0.2) is 0 Å². The van der Waals surface area contributed by atoms with E-state index in [1.54, 1.807) is 26.1 Å². The highest BCUT2D eigenvalue weighted by Gasteiger charge is 2.11. The first-order valence-electron chi connectivity index (χ1n) is 5.62. The second-order valence-electron chi connectivity index (χ2n) is 4.11. The molecule has 6 heteroatoms. The molecule has 0 aliphatic heterocycles. The summed E-state index contributed by atoms with van der Waals surface area (Å²) in [6.07, 6.45) is 1.49. The zero-order valence-corrected chi connectivity index (χ0v) is 10.5. The standard InChI is InChI=1S/C13H13N3O3/c1-8-6-9(7-11(17)16(8)2)15-12-10(13(18)19)4-3-5-14-12/h3-7H,1-2H3,(H,14,15)(H,18,19). The first kappa shape index (κ1) is 12.8. The fourth-order valence-electron chi connectivity index (χ4n) is 1.65. The van der Waals surface area contributed by atoms with Crippen LogP contribution in [-0.2, 0) is 7.05 Å². The second kappa shape index (κ2) is 4.93. The van der Waals surface area contributed by atoms with Crippen LogP contribution in [0.1, 0.15) is 16.1 Å². The first-order chi connectivity index (χ1) is 8.99. The molecule has 0 aliphatic carbocycles. The Morgan fingerprint density at radius 1 is 1.42 bits per heavy atom. The molecule has 6 nitrogen and oxygen atoms in total. The molecular weight excluding hydrogens is 246 g/mol. The van der Waals surface area contributed by atoms with Gasteiger partial charge in [0.2, 0.25) is 0 Å². The van der Waals surface area contributed by atoms with Crippen LogP contribution in [0, 0.1) is 6.92 Å². The Morgan fingerprint density at radius 2 is 2.16 bits per heavy atom. The van der Waals surface area contributed by atoms with Crippen LogP contribution in [0.2, 0.25) is 0 Å². The summed E-state index contributed by atoms with van der Waals surface area (Å²) in [6, 6.07) is 6.14. The van der Waals surface area contributed by atoms with E-state index in [0.29, 0.717) is 5.69 Å². The molecule has 0 aliphatic rings. The molecule has 0 saturated heterocycles. The fraction of sp³-hybridized carbons (Fsp3) is 0.154. The van der Waals surface area contributed by atoms with Gasteiger partial charge in [-0.05, 0) is 25.1 Å². The van der Waals surface area contributed by atoms with Gasteiger partial charge in [-0.1, -0.05) is 0 Å². The summed E-state index contributed by atoms with van der Waals surface area (Å²) < 4.78 is 1.50. The predicted molar refractivity (Wildman–Crippen MR) is 70.9 cm³/mol. The maximum Gasteiger partial charge on any atom is 0.339 e. The molecule has 0 bridgehead atoms. The van der Waals surface area contributed by atoms with E-state index in [1.165, 1.54) is 22.9 Å². The number of hydrogen-bond donors (Lipinski definition) is 2. The molecule has 2 aromatic rings. The predicted octanol–water partition coefficient (Wildman–Crippen LogP) is 1.53. The number of carbonyl (C=O) groups is 1. The number of aromatic carboxylic acids is 1. The molecule has 0 spiro atoms. The highest BCUT2D eigenvalue weighted by molar-refractivity contribution is 5.93. The molecule has 0 atom stereocenters. The number of pyridine rings is 2. The molecule has 0 fully saturated rings. The molecule has 98 valence electrons. The molecule has 2 aromatic heterocycles. The summed E-state index contributed by atoms with van der Waals surface area (Å²) in [6.45, 7) is 1.79. The van der Waals surface area contributed by atoms with Gasteiger partial charge >= 0.3 is 5.97 Å². The number of anilines is 2. The van der Waals surface area contributed by atoms with Gasteiger partial charge in [-0.2, -0.15) is 0 Å². The van der Waals surface area contributed by atoms with Crippen molar-refractivity contribution in [2.75, 3.05) is 5.32 Å². The van der Waals surface area contributed by atoms with Gasteiger partial charge in [-0.25, -0.2) is 9.78 Å². The Bertz CT molecular complexity index is 692. The van der Waals surface area contributed by atoms with Crippen LogP contribution in [0.4, 0.5) is 11.5 Å². The Hall–Kier alpha value is -2.63. The smallest absolute Gasteiger partial charge is 0.339 e. The van der Waals surface area contributed by atoms with E-state index in [4.69, 9.17) is 5.11 Å². The lowest BCUT2D eigenvalue weighted by molar-refractivity contribution is 0.0697. The third-order valence-corrected chi connectivity index (χ3v) is 2.80. The molecule has 0 amide bonds. The molecule has 19 heavy (non-hydrogen) atoms. The van der Waals surface area contributed by atoms with Gasteiger partial charge in [0, 0.05) is 30.7 Å². The molecule has 2 N–H and O–H groups in total. The Labute approximate surface area is 109 Å². The van der Waals surface area contributed by atoms with E-state index in [0.717, 1.165) is 5.69 Å². The van der Waals surface area contributed by atoms with Crippen molar-refractivity contribution < 1.29 is 9.90 Å². The van der Waals surface area contributed by atoms with Crippen molar-refractivity contribution >= 4 is 17.5 Å². The number of aryl methyl sites for hydroxylation is 1. The van der Waals surface area contributed by atoms with E-state index in [2.05, 4.69) is 10.3 Å². The highest BCUT2D eigenvalue weighted by Crippen LogP contribution is 2.17. The van der Waals surface area contributed by atoms with Gasteiger partial charge in [0.1, 0.15) is 11.4 Å². The maximum absolute atomic E-state index is 11.7. The minimum atomic E-state index is -1.07. The largest absolute Gasteiger partial charge is 0.478 e. The third-order valence-electron chi connectivity index (χ3n) is 2.80. The number of nitrogens with one attached hydrogen (secondary N) is 1. The minimum Gasteiger partial charge on any atom is -0.478 e. The van der Waals surface area contributed by atoms with E-state index in [9.17, 15) is 9.59 Å². The molecule has 2 rings (SSSR count). The van der Waals surface area contributed by atoms with E-state index < -0.39 is 5.97 Å². The zero-order valence-electron chi connectivity index (χ0n) is 10.5. The van der Waals surface area contributed by atoms with Crippen LogP contribution >= 0.6 is 0 Å². The van der Waals surface area contributed by atoms with Gasteiger partial charge in [0.05, 0.1) is 0 Å². The summed E-state index contributed by atoms with van der Waals surface area (Å²) >= 11 is 0. The van der Waals surface area contributed by atoms with Crippen molar-refractivity contribution in [1.29, 1.82) is 0 Å². The van der Waals surface area contributed by atoms with Crippen molar-refractivity contribution in [3.8, 4) is 0 Å². The fourth-order valence-corrected chi connectivity index (χ4v) is 1.65. The summed E-state index contributed by atoms with van der Waals surface area (Å²) in [5.41, 5.74) is 1.17. The Balaban J connectivity index is 2.42. The average molecular weight is 259 g/mol. The quantitative estimate of drug-likeness (QED) is 0.873. The van der Waals surface area contributed by atoms with E-state index in [1.807, 2.05) is 0 Å². The molecule has 2 heterocycles. The Morgan fingerprint density at radius 3 is 2.79 bits per heavy atom. The number of hydrogen-bond acceptors (Lipinski definition) is 4. The molecule has 0 unspecified atom stereocenters. The number of carboxylic acid groups (broad SMARTS) is 1. The summed E-state index contributed by atoms with van der Waals surface area (Å²) in [5, 5.41) is 11.9. The van der Waals surface area contributed by atoms with Crippen LogP contribution in [0.5, 0.6) is 0 Å². The topological polar surface area (TPSA) is 84.2 Å². The second-order valence-corrected chi connectivity index (χ2v) is 4.11. The maximum atomic E-state index is 11.7. The van der Waals surface area contributed by atoms with Crippen LogP contribution < -0.4 is 10.9 Å². The molecule has 0 radical (unpaired) electrons. The van der Waals surface area contributed by atoms with E-state index in [-0.39, 0.29) is 16.9 Å². The van der Waals surface area contributed by atoms with Crippen molar-refractivity contribution in [2.45, 2.75) is 6.92 Å². The third kappa shape index (κ3) is 2.62. The number of carboxylic acids is 1. The number of aromatic nitrogens is 2. The van der Waals surface area contributed by atoms with Crippen molar-refractivity contribution in [2.24, 2.45) is 7.05 Å². The van der Waals surface area contributed by atoms with E-state index >= 15 is 0 Å². The first-order valence-corrected chi connectivity index (χ1v) is 5.62. The average Bonchev–Trinajstić information content (AvgIpc) is 2.36. The summed E-state index contributed by atoms with van der Waals surface area (Å²) in [4.78, 5) is 26.7. The van der Waals surface area contributed by atoms with Crippen LogP contribution in [0.25, 0.3) is 0 Å². The van der Waals surface area contributed by atoms with Crippen LogP contribution in [0.15, 0.2) is 35.3 Å². The zero-order chi connectivity index (χ0) is 14.0. The van der Waals surface area contributed by atoms with Gasteiger partial charge in [0.25, 0.3) is 5.56 Å². The van der Waals surface area contributed by atoms with Gasteiger partial charge in [-0.15, -0.1) is 0 Å². The number of rotatable bonds is 3. The molecular formula is C13H13N3O3. The number of nitrogens with zero attached hydrogens (tertiary/aromatic N) is 2. The van der Waals surface area contributed by atoms with Gasteiger partial charge in [-0.3, -0.25) is 4.79 Å². The summed E-state index contributed by atoms with van der Waals surface area (Å²) in [7, 11) is 1.67. The lowest BCUT2D eigenvalue weighted by Crippen LogP contribution is -2.18. The molecule has 0 aromatic carbocycles. The normalized spacial score (nSPS) is 10.2. The van der Waals surface area contributed by atoms with Crippen molar-refractivity contribution in [3.63, 3.8) is 0 Å². The van der Waals surface area contributed by atoms with Crippen LogP contribution in [-0.4, -0.2) is 20.6 Å². The summed E-state index contributed by atoms with van der Waals surface area (Å²) in [5.74, 6) is -0.862. The highest BCUT2D eigenvalue weighted by atomic mass is 16.4. The Kier molecular flexibility index (Phi) is 3.33. The lowest BCUT2D eigenvalue weighted by atomic mass is 10.2.